The zero-order chi connectivity index (χ0) is 17.1. The molecule has 0 unspecified atom stereocenters. The lowest BCUT2D eigenvalue weighted by Gasteiger charge is -2.38. The van der Waals surface area contributed by atoms with Gasteiger partial charge in [-0.1, -0.05) is 6.92 Å². The van der Waals surface area contributed by atoms with Gasteiger partial charge in [0, 0.05) is 44.6 Å². The van der Waals surface area contributed by atoms with E-state index in [9.17, 15) is 9.59 Å². The van der Waals surface area contributed by atoms with Gasteiger partial charge in [0.15, 0.2) is 0 Å². The Labute approximate surface area is 146 Å². The van der Waals surface area contributed by atoms with Crippen LogP contribution in [0.3, 0.4) is 0 Å². The Morgan fingerprint density at radius 1 is 0.875 bits per heavy atom. The van der Waals surface area contributed by atoms with Crippen molar-refractivity contribution < 1.29 is 9.59 Å². The summed E-state index contributed by atoms with van der Waals surface area (Å²) < 4.78 is 0. The second-order valence-electron chi connectivity index (χ2n) is 7.70. The average molecular weight is 335 g/mol. The molecule has 0 spiro atoms. The van der Waals surface area contributed by atoms with E-state index in [-0.39, 0.29) is 17.9 Å². The van der Waals surface area contributed by atoms with Crippen LogP contribution in [-0.4, -0.2) is 70.8 Å². The fraction of sp³-hybridized carbons (Fsp3) is 0.895. The minimum Gasteiger partial charge on any atom is -0.339 e. The molecule has 3 heterocycles. The second kappa shape index (κ2) is 7.85. The summed E-state index contributed by atoms with van der Waals surface area (Å²) in [6.07, 6.45) is 8.48. The number of amides is 2. The van der Waals surface area contributed by atoms with Crippen molar-refractivity contribution in [3.8, 4) is 0 Å². The molecule has 0 radical (unpaired) electrons. The van der Waals surface area contributed by atoms with Crippen LogP contribution >= 0.6 is 0 Å². The summed E-state index contributed by atoms with van der Waals surface area (Å²) in [5.41, 5.74) is 0. The van der Waals surface area contributed by atoms with Crippen LogP contribution in [0, 0.1) is 0 Å². The van der Waals surface area contributed by atoms with Crippen molar-refractivity contribution in [2.45, 2.75) is 83.3 Å². The molecule has 0 saturated carbocycles. The Morgan fingerprint density at radius 3 is 2.33 bits per heavy atom. The lowest BCUT2D eigenvalue weighted by molar-refractivity contribution is -0.138. The van der Waals surface area contributed by atoms with Gasteiger partial charge in [0.1, 0.15) is 0 Å². The van der Waals surface area contributed by atoms with Crippen LogP contribution in [0.25, 0.3) is 0 Å². The van der Waals surface area contributed by atoms with E-state index in [4.69, 9.17) is 0 Å². The molecule has 24 heavy (non-hydrogen) atoms. The molecule has 5 heteroatoms. The first kappa shape index (κ1) is 17.7. The molecule has 3 aliphatic heterocycles. The van der Waals surface area contributed by atoms with Gasteiger partial charge in [0.05, 0.1) is 0 Å². The van der Waals surface area contributed by atoms with Crippen molar-refractivity contribution in [3.63, 3.8) is 0 Å². The van der Waals surface area contributed by atoms with E-state index in [1.807, 2.05) is 4.90 Å². The summed E-state index contributed by atoms with van der Waals surface area (Å²) in [7, 11) is 0. The van der Waals surface area contributed by atoms with Crippen LogP contribution in [0.5, 0.6) is 0 Å². The highest BCUT2D eigenvalue weighted by molar-refractivity contribution is 5.79. The maximum Gasteiger partial charge on any atom is 0.224 e. The number of carbonyl (C=O) groups is 2. The molecule has 2 amide bonds. The van der Waals surface area contributed by atoms with E-state index in [2.05, 4.69) is 16.7 Å². The standard InChI is InChI=1S/C19H33N3O2/c1-3-20-11-6-9-17(20)18-10-7-13-22(18)19(24)14-16-8-4-5-12-21(16)15(2)23/h16-18H,3-14H2,1-2H3/t16-,17-,18+/m1/s1. The molecule has 0 aromatic heterocycles. The average Bonchev–Trinajstić information content (AvgIpc) is 3.23. The lowest BCUT2D eigenvalue weighted by Crippen LogP contribution is -2.50. The molecule has 0 aromatic rings. The molecule has 3 fully saturated rings. The summed E-state index contributed by atoms with van der Waals surface area (Å²) >= 11 is 0. The van der Waals surface area contributed by atoms with Crippen molar-refractivity contribution >= 4 is 11.8 Å². The van der Waals surface area contributed by atoms with Crippen LogP contribution in [0.4, 0.5) is 0 Å². The fourth-order valence-electron chi connectivity index (χ4n) is 5.13. The van der Waals surface area contributed by atoms with Crippen LogP contribution in [0.15, 0.2) is 0 Å². The Bertz CT molecular complexity index is 468. The maximum absolute atomic E-state index is 13.0. The molecule has 3 atom stereocenters. The van der Waals surface area contributed by atoms with Gasteiger partial charge in [-0.25, -0.2) is 0 Å². The maximum atomic E-state index is 13.0. The topological polar surface area (TPSA) is 43.9 Å². The molecule has 3 rings (SSSR count). The van der Waals surface area contributed by atoms with Crippen LogP contribution in [-0.2, 0) is 9.59 Å². The van der Waals surface area contributed by atoms with Gasteiger partial charge in [0.25, 0.3) is 0 Å². The Kier molecular flexibility index (Phi) is 5.80. The highest BCUT2D eigenvalue weighted by Gasteiger charge is 2.40. The molecule has 0 bridgehead atoms. The van der Waals surface area contributed by atoms with Crippen molar-refractivity contribution in [3.05, 3.63) is 0 Å². The van der Waals surface area contributed by atoms with Gasteiger partial charge in [-0.2, -0.15) is 0 Å². The molecule has 3 saturated heterocycles. The molecule has 136 valence electrons. The number of hydrogen-bond acceptors (Lipinski definition) is 3. The van der Waals surface area contributed by atoms with Crippen LogP contribution in [0.1, 0.15) is 65.2 Å². The van der Waals surface area contributed by atoms with E-state index >= 15 is 0 Å². The Morgan fingerprint density at radius 2 is 1.58 bits per heavy atom. The van der Waals surface area contributed by atoms with Crippen LogP contribution in [0.2, 0.25) is 0 Å². The van der Waals surface area contributed by atoms with E-state index < -0.39 is 0 Å². The fourth-order valence-corrected chi connectivity index (χ4v) is 5.13. The largest absolute Gasteiger partial charge is 0.339 e. The zero-order valence-electron chi connectivity index (χ0n) is 15.4. The van der Waals surface area contributed by atoms with Gasteiger partial charge in [-0.15, -0.1) is 0 Å². The third kappa shape index (κ3) is 3.61. The number of carbonyl (C=O) groups excluding carboxylic acids is 2. The van der Waals surface area contributed by atoms with Gasteiger partial charge in [-0.05, 0) is 58.0 Å². The van der Waals surface area contributed by atoms with Gasteiger partial charge < -0.3 is 9.80 Å². The minimum atomic E-state index is 0.121. The summed E-state index contributed by atoms with van der Waals surface area (Å²) in [5.74, 6) is 0.400. The van der Waals surface area contributed by atoms with E-state index in [0.717, 1.165) is 51.7 Å². The molecule has 0 aromatic carbocycles. The molecule has 3 aliphatic rings. The third-order valence-electron chi connectivity index (χ3n) is 6.33. The predicted octanol–water partition coefficient (Wildman–Crippen LogP) is 2.25. The number of likely N-dealkylation sites (N-methyl/N-ethyl adjacent to an activating group) is 1. The van der Waals surface area contributed by atoms with Gasteiger partial charge in [0.2, 0.25) is 11.8 Å². The number of likely N-dealkylation sites (tertiary alicyclic amines) is 3. The van der Waals surface area contributed by atoms with Crippen molar-refractivity contribution in [2.24, 2.45) is 0 Å². The first-order chi connectivity index (χ1) is 11.6. The SMILES string of the molecule is CCN1CCC[C@@H]1[C@@H]1CCCN1C(=O)C[C@H]1CCCCN1C(C)=O. The molecule has 0 N–H and O–H groups in total. The van der Waals surface area contributed by atoms with Gasteiger partial charge in [-0.3, -0.25) is 14.5 Å². The first-order valence-corrected chi connectivity index (χ1v) is 9.92. The molecular weight excluding hydrogens is 302 g/mol. The number of nitrogens with zero attached hydrogens (tertiary/aromatic N) is 3. The Balaban J connectivity index is 1.64. The molecule has 5 nitrogen and oxygen atoms in total. The Hall–Kier alpha value is -1.10. The normalized spacial score (nSPS) is 31.7. The van der Waals surface area contributed by atoms with Crippen LogP contribution < -0.4 is 0 Å². The quantitative estimate of drug-likeness (QED) is 0.791. The van der Waals surface area contributed by atoms with Crippen molar-refractivity contribution in [1.82, 2.24) is 14.7 Å². The van der Waals surface area contributed by atoms with Gasteiger partial charge >= 0.3 is 0 Å². The monoisotopic (exact) mass is 335 g/mol. The molecular formula is C19H33N3O2. The molecule has 0 aliphatic carbocycles. The summed E-state index contributed by atoms with van der Waals surface area (Å²) in [6, 6.07) is 1.07. The van der Waals surface area contributed by atoms with Crippen molar-refractivity contribution in [2.75, 3.05) is 26.2 Å². The summed E-state index contributed by atoms with van der Waals surface area (Å²) in [4.78, 5) is 31.5. The van der Waals surface area contributed by atoms with Crippen molar-refractivity contribution in [1.29, 1.82) is 0 Å². The smallest absolute Gasteiger partial charge is 0.224 e. The predicted molar refractivity (Wildman–Crippen MR) is 94.6 cm³/mol. The number of piperidine rings is 1. The second-order valence-corrected chi connectivity index (χ2v) is 7.70. The zero-order valence-corrected chi connectivity index (χ0v) is 15.4. The minimum absolute atomic E-state index is 0.121. The number of rotatable bonds is 4. The highest BCUT2D eigenvalue weighted by Crippen LogP contribution is 2.31. The summed E-state index contributed by atoms with van der Waals surface area (Å²) in [5, 5.41) is 0. The highest BCUT2D eigenvalue weighted by atomic mass is 16.2. The van der Waals surface area contributed by atoms with E-state index in [1.54, 1.807) is 6.92 Å². The van der Waals surface area contributed by atoms with E-state index in [1.165, 1.54) is 19.4 Å². The first-order valence-electron chi connectivity index (χ1n) is 9.92. The summed E-state index contributed by atoms with van der Waals surface area (Å²) in [6.45, 7) is 7.86. The lowest BCUT2D eigenvalue weighted by atomic mass is 9.97. The third-order valence-corrected chi connectivity index (χ3v) is 6.33. The van der Waals surface area contributed by atoms with E-state index in [0.29, 0.717) is 18.5 Å². The number of hydrogen-bond donors (Lipinski definition) is 0.